The average Bonchev–Trinajstić information content (AvgIpc) is 3.41. The third-order valence-electron chi connectivity index (χ3n) is 6.74. The highest BCUT2D eigenvalue weighted by Crippen LogP contribution is 2.38. The molecule has 1 fully saturated rings. The van der Waals surface area contributed by atoms with Gasteiger partial charge in [0.15, 0.2) is 0 Å². The van der Waals surface area contributed by atoms with E-state index in [4.69, 9.17) is 9.47 Å². The second-order valence-corrected chi connectivity index (χ2v) is 9.29. The number of hydrogen-bond donors (Lipinski definition) is 1. The maximum atomic E-state index is 13.1. The Morgan fingerprint density at radius 1 is 1.08 bits per heavy atom. The molecule has 2 aromatic carbocycles. The summed E-state index contributed by atoms with van der Waals surface area (Å²) in [4.78, 5) is 27.2. The average molecular weight is 507 g/mol. The molecule has 1 aliphatic heterocycles. The number of benzene rings is 2. The lowest BCUT2D eigenvalue weighted by molar-refractivity contribution is -0.140. The van der Waals surface area contributed by atoms with Crippen molar-refractivity contribution in [1.29, 1.82) is 0 Å². The van der Waals surface area contributed by atoms with Crippen molar-refractivity contribution in [3.8, 4) is 5.75 Å². The fourth-order valence-corrected chi connectivity index (χ4v) is 4.67. The van der Waals surface area contributed by atoms with Gasteiger partial charge in [-0.15, -0.1) is 5.10 Å². The molecule has 0 bridgehead atoms. The van der Waals surface area contributed by atoms with E-state index in [-0.39, 0.29) is 25.1 Å². The fraction of sp³-hybridized carbons (Fsp3) is 0.429. The largest absolute Gasteiger partial charge is 0.497 e. The van der Waals surface area contributed by atoms with E-state index in [1.165, 1.54) is 0 Å². The van der Waals surface area contributed by atoms with Gasteiger partial charge in [-0.2, -0.15) is 0 Å². The number of rotatable bonds is 10. The highest BCUT2D eigenvalue weighted by Gasteiger charge is 2.39. The van der Waals surface area contributed by atoms with Gasteiger partial charge in [-0.25, -0.2) is 9.48 Å². The predicted molar refractivity (Wildman–Crippen MR) is 137 cm³/mol. The number of ether oxygens (including phenoxy) is 2. The van der Waals surface area contributed by atoms with Crippen LogP contribution in [0.2, 0.25) is 0 Å². The monoisotopic (exact) mass is 506 g/mol. The van der Waals surface area contributed by atoms with Crippen LogP contribution < -0.4 is 4.74 Å². The molecule has 196 valence electrons. The molecule has 0 spiro atoms. The van der Waals surface area contributed by atoms with Crippen LogP contribution >= 0.6 is 0 Å². The molecule has 1 amide bonds. The van der Waals surface area contributed by atoms with Gasteiger partial charge in [0.2, 0.25) is 5.91 Å². The van der Waals surface area contributed by atoms with Crippen LogP contribution in [0.4, 0.5) is 0 Å². The second-order valence-electron chi connectivity index (χ2n) is 9.29. The highest BCUT2D eigenvalue weighted by molar-refractivity contribution is 5.89. The molecule has 9 heteroatoms. The Morgan fingerprint density at radius 2 is 1.84 bits per heavy atom. The van der Waals surface area contributed by atoms with Crippen LogP contribution in [0.5, 0.6) is 5.75 Å². The van der Waals surface area contributed by atoms with Crippen molar-refractivity contribution < 1.29 is 24.2 Å². The Kier molecular flexibility index (Phi) is 8.90. The van der Waals surface area contributed by atoms with Crippen molar-refractivity contribution in [2.45, 2.75) is 63.8 Å². The van der Waals surface area contributed by atoms with E-state index >= 15 is 0 Å². The van der Waals surface area contributed by atoms with Gasteiger partial charge in [0.25, 0.3) is 0 Å². The maximum Gasteiger partial charge on any atom is 0.338 e. The molecule has 3 aromatic rings. The van der Waals surface area contributed by atoms with Gasteiger partial charge in [0.1, 0.15) is 18.1 Å². The molecule has 0 unspecified atom stereocenters. The van der Waals surface area contributed by atoms with Gasteiger partial charge in [-0.05, 0) is 42.7 Å². The third kappa shape index (κ3) is 6.54. The summed E-state index contributed by atoms with van der Waals surface area (Å²) in [5, 5.41) is 19.4. The summed E-state index contributed by atoms with van der Waals surface area (Å²) in [6.45, 7) is 2.28. The number of piperidine rings is 1. The Hall–Kier alpha value is -3.72. The first-order chi connectivity index (χ1) is 18.0. The molecule has 4 rings (SSSR count). The number of amides is 1. The van der Waals surface area contributed by atoms with E-state index in [0.717, 1.165) is 30.6 Å². The first kappa shape index (κ1) is 26.3. The second kappa shape index (κ2) is 12.5. The molecule has 1 aliphatic rings. The minimum atomic E-state index is -0.814. The summed E-state index contributed by atoms with van der Waals surface area (Å²) in [5.74, 6) is 0.339. The van der Waals surface area contributed by atoms with Crippen molar-refractivity contribution in [3.05, 3.63) is 77.6 Å². The van der Waals surface area contributed by atoms with Gasteiger partial charge < -0.3 is 19.5 Å². The molecule has 37 heavy (non-hydrogen) atoms. The Bertz CT molecular complexity index is 1160. The number of likely N-dealkylation sites (tertiary alicyclic amines) is 1. The SMILES string of the molecule is CCCCCC(=O)N1C[C@H](O)[C@@H](n2cc(COC(=O)c3ccccc3)nn2)C[C@@H]1c1ccc(OC)cc1. The number of esters is 1. The van der Waals surface area contributed by atoms with E-state index < -0.39 is 18.1 Å². The topological polar surface area (TPSA) is 107 Å². The quantitative estimate of drug-likeness (QED) is 0.326. The number of aliphatic hydroxyl groups is 1. The first-order valence-corrected chi connectivity index (χ1v) is 12.7. The van der Waals surface area contributed by atoms with Gasteiger partial charge in [0, 0.05) is 13.0 Å². The molecular weight excluding hydrogens is 472 g/mol. The maximum absolute atomic E-state index is 13.1. The van der Waals surface area contributed by atoms with E-state index in [0.29, 0.717) is 24.1 Å². The van der Waals surface area contributed by atoms with E-state index in [1.807, 2.05) is 30.3 Å². The van der Waals surface area contributed by atoms with Gasteiger partial charge in [-0.3, -0.25) is 4.79 Å². The minimum absolute atomic E-state index is 0.0273. The van der Waals surface area contributed by atoms with Crippen molar-refractivity contribution in [2.75, 3.05) is 13.7 Å². The normalized spacial score (nSPS) is 19.4. The van der Waals surface area contributed by atoms with Crippen molar-refractivity contribution >= 4 is 11.9 Å². The highest BCUT2D eigenvalue weighted by atomic mass is 16.5. The molecule has 1 N–H and O–H groups in total. The molecule has 1 saturated heterocycles. The zero-order valence-electron chi connectivity index (χ0n) is 21.3. The van der Waals surface area contributed by atoms with Crippen LogP contribution in [-0.4, -0.2) is 56.6 Å². The lowest BCUT2D eigenvalue weighted by Crippen LogP contribution is -2.49. The number of carbonyl (C=O) groups excluding carboxylic acids is 2. The molecule has 9 nitrogen and oxygen atoms in total. The van der Waals surface area contributed by atoms with Crippen LogP contribution in [0.1, 0.15) is 72.7 Å². The summed E-state index contributed by atoms with van der Waals surface area (Å²) >= 11 is 0. The predicted octanol–water partition coefficient (Wildman–Crippen LogP) is 4.10. The number of aliphatic hydroxyl groups excluding tert-OH is 1. The summed E-state index contributed by atoms with van der Waals surface area (Å²) in [5.41, 5.74) is 1.91. The number of unbranched alkanes of at least 4 members (excludes halogenated alkanes) is 2. The summed E-state index contributed by atoms with van der Waals surface area (Å²) in [7, 11) is 1.62. The number of β-amino-alcohol motifs (C(OH)–C–C–N with tert-alkyl or cyclic N) is 1. The van der Waals surface area contributed by atoms with Crippen LogP contribution in [-0.2, 0) is 16.1 Å². The lowest BCUT2D eigenvalue weighted by atomic mass is 9.89. The van der Waals surface area contributed by atoms with Crippen LogP contribution in [0.25, 0.3) is 0 Å². The number of aromatic nitrogens is 3. The number of methoxy groups -OCH3 is 1. The summed E-state index contributed by atoms with van der Waals surface area (Å²) in [6.07, 6.45) is 4.66. The fourth-order valence-electron chi connectivity index (χ4n) is 4.67. The Balaban J connectivity index is 1.48. The number of hydrogen-bond acceptors (Lipinski definition) is 7. The molecule has 3 atom stereocenters. The van der Waals surface area contributed by atoms with Crippen molar-refractivity contribution in [1.82, 2.24) is 19.9 Å². The number of carbonyl (C=O) groups is 2. The molecule has 1 aromatic heterocycles. The standard InChI is InChI=1S/C28H34N4O5/c1-3-4-6-11-27(34)31-18-26(33)25(16-24(31)20-12-14-23(36-2)15-13-20)32-17-22(29-30-32)19-37-28(35)21-9-7-5-8-10-21/h5,7-10,12-15,17,24-26,33H,3-4,6,11,16,18-19H2,1-2H3/t24-,25+,26+/m1/s1. The van der Waals surface area contributed by atoms with Crippen LogP contribution in [0.3, 0.4) is 0 Å². The summed E-state index contributed by atoms with van der Waals surface area (Å²) < 4.78 is 12.3. The molecule has 0 radical (unpaired) electrons. The summed E-state index contributed by atoms with van der Waals surface area (Å²) in [6, 6.07) is 15.8. The van der Waals surface area contributed by atoms with Crippen molar-refractivity contribution in [3.63, 3.8) is 0 Å². The molecule has 2 heterocycles. The van der Waals surface area contributed by atoms with Gasteiger partial charge in [0.05, 0.1) is 37.1 Å². The van der Waals surface area contributed by atoms with Gasteiger partial charge in [-0.1, -0.05) is 55.3 Å². The van der Waals surface area contributed by atoms with E-state index in [2.05, 4.69) is 17.2 Å². The molecule has 0 saturated carbocycles. The molecular formula is C28H34N4O5. The minimum Gasteiger partial charge on any atom is -0.497 e. The Labute approximate surface area is 217 Å². The van der Waals surface area contributed by atoms with E-state index in [1.54, 1.807) is 47.2 Å². The Morgan fingerprint density at radius 3 is 2.54 bits per heavy atom. The third-order valence-corrected chi connectivity index (χ3v) is 6.74. The lowest BCUT2D eigenvalue weighted by Gasteiger charge is -2.42. The van der Waals surface area contributed by atoms with Gasteiger partial charge >= 0.3 is 5.97 Å². The van der Waals surface area contributed by atoms with Crippen LogP contribution in [0, 0.1) is 0 Å². The van der Waals surface area contributed by atoms with E-state index in [9.17, 15) is 14.7 Å². The smallest absolute Gasteiger partial charge is 0.338 e. The zero-order valence-corrected chi connectivity index (χ0v) is 21.3. The van der Waals surface area contributed by atoms with Crippen LogP contribution in [0.15, 0.2) is 60.8 Å². The number of nitrogens with zero attached hydrogens (tertiary/aromatic N) is 4. The molecule has 0 aliphatic carbocycles. The van der Waals surface area contributed by atoms with Crippen molar-refractivity contribution in [2.24, 2.45) is 0 Å². The first-order valence-electron chi connectivity index (χ1n) is 12.7. The zero-order chi connectivity index (χ0) is 26.2.